The third-order valence-electron chi connectivity index (χ3n) is 3.34. The summed E-state index contributed by atoms with van der Waals surface area (Å²) in [6, 6.07) is 0. The summed E-state index contributed by atoms with van der Waals surface area (Å²) in [5, 5.41) is 8.08. The summed E-state index contributed by atoms with van der Waals surface area (Å²) in [4.78, 5) is 25.7. The highest BCUT2D eigenvalue weighted by molar-refractivity contribution is 5.89. The molecule has 0 aromatic heterocycles. The lowest BCUT2D eigenvalue weighted by atomic mass is 10.1. The van der Waals surface area contributed by atoms with Crippen LogP contribution in [0.3, 0.4) is 0 Å². The van der Waals surface area contributed by atoms with Crippen molar-refractivity contribution < 1.29 is 19.7 Å². The van der Waals surface area contributed by atoms with Crippen molar-refractivity contribution in [3.8, 4) is 0 Å². The Morgan fingerprint density at radius 2 is 1.55 bits per heavy atom. The highest BCUT2D eigenvalue weighted by Crippen LogP contribution is 2.08. The van der Waals surface area contributed by atoms with E-state index in [-0.39, 0.29) is 12.2 Å². The standard InChI is InChI=1S/C18H30O4/c1-2-3-11-14-17(19)15-12-9-7-5-4-6-8-10-13-16-18(20)22-21/h7,9,11,14,21H,2-6,8,10,12-13,15-16H2,1H3. The molecule has 126 valence electrons. The first-order valence-electron chi connectivity index (χ1n) is 8.39. The smallest absolute Gasteiger partial charge is 0.301 e. The van der Waals surface area contributed by atoms with Gasteiger partial charge in [-0.15, -0.1) is 0 Å². The largest absolute Gasteiger partial charge is 0.342 e. The fourth-order valence-corrected chi connectivity index (χ4v) is 2.03. The molecule has 0 atom stereocenters. The predicted molar refractivity (Wildman–Crippen MR) is 88.5 cm³/mol. The first-order valence-corrected chi connectivity index (χ1v) is 8.39. The first kappa shape index (κ1) is 20.6. The maximum Gasteiger partial charge on any atom is 0.342 e. The topological polar surface area (TPSA) is 63.6 Å². The molecule has 0 unspecified atom stereocenters. The van der Waals surface area contributed by atoms with Crippen LogP contribution in [0.5, 0.6) is 0 Å². The van der Waals surface area contributed by atoms with Gasteiger partial charge in [-0.2, -0.15) is 5.26 Å². The van der Waals surface area contributed by atoms with Gasteiger partial charge in [0.25, 0.3) is 0 Å². The van der Waals surface area contributed by atoms with Gasteiger partial charge >= 0.3 is 5.97 Å². The second-order valence-corrected chi connectivity index (χ2v) is 5.44. The third kappa shape index (κ3) is 15.0. The molecule has 4 heteroatoms. The number of ketones is 1. The van der Waals surface area contributed by atoms with Gasteiger partial charge < -0.3 is 4.89 Å². The van der Waals surface area contributed by atoms with E-state index in [0.717, 1.165) is 57.8 Å². The summed E-state index contributed by atoms with van der Waals surface area (Å²) in [5.74, 6) is -0.346. The van der Waals surface area contributed by atoms with Gasteiger partial charge in [0, 0.05) is 12.8 Å². The molecule has 0 amide bonds. The van der Waals surface area contributed by atoms with Crippen molar-refractivity contribution in [1.82, 2.24) is 0 Å². The van der Waals surface area contributed by atoms with Crippen LogP contribution in [0.4, 0.5) is 0 Å². The Morgan fingerprint density at radius 3 is 2.27 bits per heavy atom. The molecule has 0 spiro atoms. The van der Waals surface area contributed by atoms with E-state index in [1.807, 2.05) is 6.08 Å². The first-order chi connectivity index (χ1) is 10.7. The lowest BCUT2D eigenvalue weighted by Gasteiger charge is -1.99. The highest BCUT2D eigenvalue weighted by Gasteiger charge is 2.00. The van der Waals surface area contributed by atoms with Gasteiger partial charge in [0.1, 0.15) is 0 Å². The van der Waals surface area contributed by atoms with Gasteiger partial charge in [-0.25, -0.2) is 4.79 Å². The Hall–Kier alpha value is -1.42. The summed E-state index contributed by atoms with van der Waals surface area (Å²) in [7, 11) is 0. The summed E-state index contributed by atoms with van der Waals surface area (Å²) >= 11 is 0. The van der Waals surface area contributed by atoms with Crippen LogP contribution in [0, 0.1) is 0 Å². The fraction of sp³-hybridized carbons (Fsp3) is 0.667. The van der Waals surface area contributed by atoms with Crippen LogP contribution in [0.1, 0.15) is 77.6 Å². The maximum atomic E-state index is 11.5. The molecule has 0 aromatic carbocycles. The minimum atomic E-state index is -0.554. The van der Waals surface area contributed by atoms with Crippen molar-refractivity contribution in [3.05, 3.63) is 24.3 Å². The Kier molecular flexibility index (Phi) is 14.9. The van der Waals surface area contributed by atoms with Crippen molar-refractivity contribution in [1.29, 1.82) is 0 Å². The third-order valence-corrected chi connectivity index (χ3v) is 3.34. The average Bonchev–Trinajstić information content (AvgIpc) is 2.52. The van der Waals surface area contributed by atoms with E-state index in [1.165, 1.54) is 0 Å². The SMILES string of the molecule is CCCC=CC(=O)CCC=CCCCCCCCC(=O)OO. The minimum Gasteiger partial charge on any atom is -0.301 e. The molecule has 0 saturated heterocycles. The number of rotatable bonds is 14. The molecule has 1 N–H and O–H groups in total. The molecule has 0 aliphatic rings. The van der Waals surface area contributed by atoms with Crippen LogP contribution >= 0.6 is 0 Å². The molecule has 0 heterocycles. The number of carbonyl (C=O) groups excluding carboxylic acids is 2. The zero-order valence-corrected chi connectivity index (χ0v) is 13.8. The monoisotopic (exact) mass is 310 g/mol. The predicted octanol–water partition coefficient (Wildman–Crippen LogP) is 5.00. The Bertz CT molecular complexity index is 345. The molecule has 22 heavy (non-hydrogen) atoms. The number of allylic oxidation sites excluding steroid dienone is 4. The average molecular weight is 310 g/mol. The Labute approximate surface area is 134 Å². The number of hydrogen-bond acceptors (Lipinski definition) is 4. The molecule has 0 fully saturated rings. The quantitative estimate of drug-likeness (QED) is 0.161. The van der Waals surface area contributed by atoms with Crippen LogP contribution in [0.2, 0.25) is 0 Å². The molecule has 0 aromatic rings. The lowest BCUT2D eigenvalue weighted by molar-refractivity contribution is -0.234. The van der Waals surface area contributed by atoms with Crippen LogP contribution in [-0.2, 0) is 14.5 Å². The molecule has 0 rings (SSSR count). The normalized spacial score (nSPS) is 11.4. The molecular formula is C18H30O4. The van der Waals surface area contributed by atoms with Gasteiger partial charge in [0.05, 0.1) is 0 Å². The zero-order chi connectivity index (χ0) is 16.5. The number of hydrogen-bond donors (Lipinski definition) is 1. The Morgan fingerprint density at radius 1 is 0.864 bits per heavy atom. The molecule has 0 saturated carbocycles. The summed E-state index contributed by atoms with van der Waals surface area (Å²) in [6.07, 6.45) is 17.8. The van der Waals surface area contributed by atoms with Gasteiger partial charge in [0.2, 0.25) is 0 Å². The van der Waals surface area contributed by atoms with Crippen molar-refractivity contribution >= 4 is 11.8 Å². The second kappa shape index (κ2) is 16.0. The van der Waals surface area contributed by atoms with Crippen molar-refractivity contribution in [2.45, 2.75) is 77.6 Å². The molecule has 0 bridgehead atoms. The van der Waals surface area contributed by atoms with E-state index in [9.17, 15) is 9.59 Å². The van der Waals surface area contributed by atoms with E-state index in [0.29, 0.717) is 6.42 Å². The van der Waals surface area contributed by atoms with E-state index < -0.39 is 5.97 Å². The number of carbonyl (C=O) groups is 2. The van der Waals surface area contributed by atoms with E-state index in [1.54, 1.807) is 6.08 Å². The molecule has 0 radical (unpaired) electrons. The fourth-order valence-electron chi connectivity index (χ4n) is 2.03. The van der Waals surface area contributed by atoms with Crippen molar-refractivity contribution in [2.75, 3.05) is 0 Å². The zero-order valence-electron chi connectivity index (χ0n) is 13.8. The Balaban J connectivity index is 3.34. The second-order valence-electron chi connectivity index (χ2n) is 5.44. The molecule has 0 aliphatic carbocycles. The van der Waals surface area contributed by atoms with E-state index >= 15 is 0 Å². The van der Waals surface area contributed by atoms with Crippen LogP contribution in [-0.4, -0.2) is 17.0 Å². The van der Waals surface area contributed by atoms with Gasteiger partial charge in [0.15, 0.2) is 5.78 Å². The molecular weight excluding hydrogens is 280 g/mol. The minimum absolute atomic E-state index is 0.208. The summed E-state index contributed by atoms with van der Waals surface area (Å²) in [6.45, 7) is 2.10. The van der Waals surface area contributed by atoms with Crippen LogP contribution < -0.4 is 0 Å². The van der Waals surface area contributed by atoms with Crippen molar-refractivity contribution in [3.63, 3.8) is 0 Å². The van der Waals surface area contributed by atoms with Gasteiger partial charge in [-0.1, -0.05) is 50.8 Å². The van der Waals surface area contributed by atoms with Crippen LogP contribution in [0.15, 0.2) is 24.3 Å². The summed E-state index contributed by atoms with van der Waals surface area (Å²) < 4.78 is 0. The molecule has 0 aliphatic heterocycles. The van der Waals surface area contributed by atoms with Crippen molar-refractivity contribution in [2.24, 2.45) is 0 Å². The van der Waals surface area contributed by atoms with Gasteiger partial charge in [-0.05, 0) is 38.2 Å². The van der Waals surface area contributed by atoms with E-state index in [2.05, 4.69) is 24.0 Å². The highest BCUT2D eigenvalue weighted by atomic mass is 17.1. The van der Waals surface area contributed by atoms with E-state index in [4.69, 9.17) is 5.26 Å². The maximum absolute atomic E-state index is 11.5. The summed E-state index contributed by atoms with van der Waals surface area (Å²) in [5.41, 5.74) is 0. The van der Waals surface area contributed by atoms with Gasteiger partial charge in [-0.3, -0.25) is 4.79 Å². The molecule has 4 nitrogen and oxygen atoms in total. The van der Waals surface area contributed by atoms with Crippen LogP contribution in [0.25, 0.3) is 0 Å². The number of unbranched alkanes of at least 4 members (excludes halogenated alkanes) is 6. The lowest BCUT2D eigenvalue weighted by Crippen LogP contribution is -1.99.